The van der Waals surface area contributed by atoms with Gasteiger partial charge in [-0.25, -0.2) is 0 Å². The molecule has 0 aromatic heterocycles. The molecular formula is C10H16O. The van der Waals surface area contributed by atoms with Gasteiger partial charge in [-0.15, -0.1) is 0 Å². The Morgan fingerprint density at radius 1 is 1.45 bits per heavy atom. The second-order valence-electron chi connectivity index (χ2n) is 3.55. The number of carbonyl (C=O) groups is 1. The van der Waals surface area contributed by atoms with Crippen molar-refractivity contribution < 1.29 is 4.79 Å². The molecule has 0 unspecified atom stereocenters. The molecule has 0 saturated carbocycles. The van der Waals surface area contributed by atoms with Gasteiger partial charge in [-0.1, -0.05) is 19.4 Å². The minimum absolute atomic E-state index is 0.378. The first-order valence-electron chi connectivity index (χ1n) is 4.37. The Hall–Kier alpha value is -0.590. The van der Waals surface area contributed by atoms with Gasteiger partial charge in [0.1, 0.15) is 0 Å². The number of ketones is 1. The Balaban J connectivity index is 2.86. The van der Waals surface area contributed by atoms with Crippen LogP contribution in [-0.4, -0.2) is 5.78 Å². The fraction of sp³-hybridized carbons (Fsp3) is 0.700. The molecule has 1 aliphatic rings. The summed E-state index contributed by atoms with van der Waals surface area (Å²) in [5, 5.41) is 0. The molecule has 0 N–H and O–H groups in total. The number of allylic oxidation sites excluding steroid dienone is 2. The van der Waals surface area contributed by atoms with E-state index in [1.807, 2.05) is 0 Å². The quantitative estimate of drug-likeness (QED) is 0.564. The predicted octanol–water partition coefficient (Wildman–Crippen LogP) is 2.71. The van der Waals surface area contributed by atoms with Crippen LogP contribution in [0.25, 0.3) is 0 Å². The summed E-state index contributed by atoms with van der Waals surface area (Å²) in [6.45, 7) is 6.30. The molecule has 0 heterocycles. The van der Waals surface area contributed by atoms with Crippen LogP contribution >= 0.6 is 0 Å². The van der Waals surface area contributed by atoms with E-state index in [0.29, 0.717) is 11.7 Å². The molecule has 0 radical (unpaired) electrons. The third-order valence-corrected chi connectivity index (χ3v) is 2.39. The van der Waals surface area contributed by atoms with E-state index < -0.39 is 0 Å². The lowest BCUT2D eigenvalue weighted by Gasteiger charge is -2.20. The Kier molecular flexibility index (Phi) is 2.48. The van der Waals surface area contributed by atoms with Crippen LogP contribution in [-0.2, 0) is 4.79 Å². The lowest BCUT2D eigenvalue weighted by molar-refractivity contribution is -0.117. The van der Waals surface area contributed by atoms with Gasteiger partial charge in [-0.3, -0.25) is 4.79 Å². The first-order valence-corrected chi connectivity index (χ1v) is 4.37. The molecule has 62 valence electrons. The molecule has 1 heteroatoms. The number of carbonyl (C=O) groups excluding carboxylic acids is 1. The lowest BCUT2D eigenvalue weighted by Crippen LogP contribution is -2.16. The molecule has 0 aromatic carbocycles. The van der Waals surface area contributed by atoms with Crippen molar-refractivity contribution in [1.82, 2.24) is 0 Å². The van der Waals surface area contributed by atoms with E-state index in [4.69, 9.17) is 0 Å². The standard InChI is InChI=1S/C10H16O/c1-4-9-8(3)5-7(2)6-10(9)11/h7H,4-6H2,1-3H3/t7-/m1/s1. The van der Waals surface area contributed by atoms with Crippen LogP contribution in [0.3, 0.4) is 0 Å². The summed E-state index contributed by atoms with van der Waals surface area (Å²) in [5.41, 5.74) is 2.40. The van der Waals surface area contributed by atoms with Gasteiger partial charge >= 0.3 is 0 Å². The van der Waals surface area contributed by atoms with Gasteiger partial charge in [0.15, 0.2) is 5.78 Å². The Morgan fingerprint density at radius 3 is 2.55 bits per heavy atom. The van der Waals surface area contributed by atoms with Gasteiger partial charge in [0.2, 0.25) is 0 Å². The highest BCUT2D eigenvalue weighted by atomic mass is 16.1. The van der Waals surface area contributed by atoms with Crippen molar-refractivity contribution in [2.45, 2.75) is 40.0 Å². The zero-order chi connectivity index (χ0) is 8.43. The van der Waals surface area contributed by atoms with Crippen molar-refractivity contribution in [3.05, 3.63) is 11.1 Å². The minimum atomic E-state index is 0.378. The van der Waals surface area contributed by atoms with Crippen molar-refractivity contribution in [2.24, 2.45) is 5.92 Å². The fourth-order valence-corrected chi connectivity index (χ4v) is 1.89. The monoisotopic (exact) mass is 152 g/mol. The average Bonchev–Trinajstić information content (AvgIpc) is 1.85. The van der Waals surface area contributed by atoms with Crippen LogP contribution in [0.1, 0.15) is 40.0 Å². The fourth-order valence-electron chi connectivity index (χ4n) is 1.89. The number of hydrogen-bond donors (Lipinski definition) is 0. The molecule has 0 bridgehead atoms. The third kappa shape index (κ3) is 1.70. The number of Topliss-reactive ketones (excluding diaryl/α,β-unsaturated/α-hetero) is 1. The second-order valence-corrected chi connectivity index (χ2v) is 3.55. The zero-order valence-corrected chi connectivity index (χ0v) is 7.61. The largest absolute Gasteiger partial charge is 0.295 e. The van der Waals surface area contributed by atoms with E-state index >= 15 is 0 Å². The molecular weight excluding hydrogens is 136 g/mol. The summed E-state index contributed by atoms with van der Waals surface area (Å²) in [6.07, 6.45) is 2.80. The van der Waals surface area contributed by atoms with Crippen LogP contribution < -0.4 is 0 Å². The minimum Gasteiger partial charge on any atom is -0.295 e. The van der Waals surface area contributed by atoms with Crippen LogP contribution in [0, 0.1) is 5.92 Å². The number of rotatable bonds is 1. The molecule has 11 heavy (non-hydrogen) atoms. The van der Waals surface area contributed by atoms with Gasteiger partial charge in [-0.05, 0) is 31.3 Å². The average molecular weight is 152 g/mol. The maximum absolute atomic E-state index is 11.4. The molecule has 1 nitrogen and oxygen atoms in total. The van der Waals surface area contributed by atoms with Gasteiger partial charge in [-0.2, -0.15) is 0 Å². The molecule has 0 spiro atoms. The maximum atomic E-state index is 11.4. The van der Waals surface area contributed by atoms with E-state index in [-0.39, 0.29) is 0 Å². The van der Waals surface area contributed by atoms with Crippen molar-refractivity contribution in [3.8, 4) is 0 Å². The highest BCUT2D eigenvalue weighted by Gasteiger charge is 2.20. The lowest BCUT2D eigenvalue weighted by atomic mass is 9.84. The van der Waals surface area contributed by atoms with Gasteiger partial charge < -0.3 is 0 Å². The third-order valence-electron chi connectivity index (χ3n) is 2.39. The molecule has 0 amide bonds. The van der Waals surface area contributed by atoms with Crippen molar-refractivity contribution in [3.63, 3.8) is 0 Å². The van der Waals surface area contributed by atoms with Gasteiger partial charge in [0.25, 0.3) is 0 Å². The normalized spacial score (nSPS) is 26.1. The summed E-state index contributed by atoms with van der Waals surface area (Å²) in [6, 6.07) is 0. The predicted molar refractivity (Wildman–Crippen MR) is 46.4 cm³/mol. The summed E-state index contributed by atoms with van der Waals surface area (Å²) in [5.74, 6) is 0.946. The van der Waals surface area contributed by atoms with Crippen LogP contribution in [0.2, 0.25) is 0 Å². The molecule has 1 rings (SSSR count). The molecule has 1 aliphatic carbocycles. The van der Waals surface area contributed by atoms with Crippen molar-refractivity contribution in [2.75, 3.05) is 0 Å². The van der Waals surface area contributed by atoms with Crippen LogP contribution in [0.15, 0.2) is 11.1 Å². The van der Waals surface area contributed by atoms with Gasteiger partial charge in [0, 0.05) is 6.42 Å². The van der Waals surface area contributed by atoms with Crippen LogP contribution in [0.4, 0.5) is 0 Å². The van der Waals surface area contributed by atoms with Crippen LogP contribution in [0.5, 0.6) is 0 Å². The highest BCUT2D eigenvalue weighted by molar-refractivity contribution is 5.96. The summed E-state index contributed by atoms with van der Waals surface area (Å²) >= 11 is 0. The smallest absolute Gasteiger partial charge is 0.159 e. The first-order chi connectivity index (χ1) is 5.15. The van der Waals surface area contributed by atoms with Crippen molar-refractivity contribution >= 4 is 5.78 Å². The van der Waals surface area contributed by atoms with Gasteiger partial charge in [0.05, 0.1) is 0 Å². The topological polar surface area (TPSA) is 17.1 Å². The zero-order valence-electron chi connectivity index (χ0n) is 7.61. The molecule has 0 fully saturated rings. The molecule has 0 aliphatic heterocycles. The molecule has 0 saturated heterocycles. The van der Waals surface area contributed by atoms with E-state index in [9.17, 15) is 4.79 Å². The highest BCUT2D eigenvalue weighted by Crippen LogP contribution is 2.27. The van der Waals surface area contributed by atoms with E-state index in [1.54, 1.807) is 0 Å². The van der Waals surface area contributed by atoms with E-state index in [0.717, 1.165) is 24.8 Å². The number of hydrogen-bond acceptors (Lipinski definition) is 1. The molecule has 0 aromatic rings. The Labute approximate surface area is 68.5 Å². The summed E-state index contributed by atoms with van der Waals surface area (Å²) in [7, 11) is 0. The first kappa shape index (κ1) is 8.51. The second kappa shape index (κ2) is 3.21. The maximum Gasteiger partial charge on any atom is 0.159 e. The molecule has 1 atom stereocenters. The SMILES string of the molecule is CCC1=C(C)C[C@@H](C)CC1=O. The Morgan fingerprint density at radius 2 is 2.09 bits per heavy atom. The van der Waals surface area contributed by atoms with Crippen molar-refractivity contribution in [1.29, 1.82) is 0 Å². The summed E-state index contributed by atoms with van der Waals surface area (Å²) < 4.78 is 0. The Bertz CT molecular complexity index is 201. The van der Waals surface area contributed by atoms with E-state index in [2.05, 4.69) is 20.8 Å². The summed E-state index contributed by atoms with van der Waals surface area (Å²) in [4.78, 5) is 11.4. The van der Waals surface area contributed by atoms with E-state index in [1.165, 1.54) is 5.57 Å².